The average Bonchev–Trinajstić information content (AvgIpc) is 2.36. The second-order valence-electron chi connectivity index (χ2n) is 5.90. The molecule has 0 aromatic rings. The summed E-state index contributed by atoms with van der Waals surface area (Å²) < 4.78 is 36.5. The van der Waals surface area contributed by atoms with Gasteiger partial charge in [-0.15, -0.1) is 0 Å². The van der Waals surface area contributed by atoms with Crippen LogP contribution in [0.4, 0.5) is 13.6 Å². The fraction of sp³-hybridized carbons (Fsp3) is 0.846. The highest BCUT2D eigenvalue weighted by Gasteiger charge is 2.43. The molecule has 0 spiro atoms. The lowest BCUT2D eigenvalue weighted by atomic mass is 10.2. The van der Waals surface area contributed by atoms with Crippen LogP contribution in [0.2, 0.25) is 0 Å². The number of nitrogens with zero attached hydrogens (tertiary/aromatic N) is 2. The second kappa shape index (κ2) is 6.55. The van der Waals surface area contributed by atoms with Crippen molar-refractivity contribution in [3.8, 4) is 0 Å². The standard InChI is InChI=1S/C13H22F2N2O4/c1-12(2,3)21-11(19)17-7-5-16(6-8-17)10(18)13(14,15)9-20-4/h5-9H2,1-4H3. The Hall–Kier alpha value is -1.44. The summed E-state index contributed by atoms with van der Waals surface area (Å²) in [5.41, 5.74) is -0.616. The topological polar surface area (TPSA) is 59.1 Å². The maximum absolute atomic E-state index is 13.5. The van der Waals surface area contributed by atoms with Crippen LogP contribution in [0.1, 0.15) is 20.8 Å². The van der Waals surface area contributed by atoms with Gasteiger partial charge in [0.15, 0.2) is 0 Å². The average molecular weight is 308 g/mol. The summed E-state index contributed by atoms with van der Waals surface area (Å²) in [6.07, 6.45) is -0.502. The molecule has 0 saturated carbocycles. The van der Waals surface area contributed by atoms with E-state index in [4.69, 9.17) is 4.74 Å². The fourth-order valence-corrected chi connectivity index (χ4v) is 1.89. The number of hydrogen-bond acceptors (Lipinski definition) is 4. The molecule has 8 heteroatoms. The molecule has 6 nitrogen and oxygen atoms in total. The van der Waals surface area contributed by atoms with Crippen molar-refractivity contribution < 1.29 is 27.8 Å². The Morgan fingerprint density at radius 2 is 1.52 bits per heavy atom. The maximum Gasteiger partial charge on any atom is 0.410 e. The normalized spacial score (nSPS) is 16.9. The summed E-state index contributed by atoms with van der Waals surface area (Å²) in [4.78, 5) is 25.9. The smallest absolute Gasteiger partial charge is 0.410 e. The van der Waals surface area contributed by atoms with Crippen molar-refractivity contribution in [3.05, 3.63) is 0 Å². The third kappa shape index (κ3) is 5.11. The number of methoxy groups -OCH3 is 1. The van der Waals surface area contributed by atoms with E-state index in [1.807, 2.05) is 0 Å². The molecular formula is C13H22F2N2O4. The van der Waals surface area contributed by atoms with Crippen molar-refractivity contribution in [1.82, 2.24) is 9.80 Å². The quantitative estimate of drug-likeness (QED) is 0.789. The van der Waals surface area contributed by atoms with Gasteiger partial charge in [-0.1, -0.05) is 0 Å². The molecular weight excluding hydrogens is 286 g/mol. The molecule has 0 atom stereocenters. The number of carbonyl (C=O) groups excluding carboxylic acids is 2. The Kier molecular flexibility index (Phi) is 5.49. The molecule has 0 aliphatic carbocycles. The van der Waals surface area contributed by atoms with Crippen molar-refractivity contribution in [1.29, 1.82) is 0 Å². The number of rotatable bonds is 3. The van der Waals surface area contributed by atoms with Gasteiger partial charge in [0.2, 0.25) is 0 Å². The lowest BCUT2D eigenvalue weighted by Crippen LogP contribution is -2.55. The number of carbonyl (C=O) groups is 2. The monoisotopic (exact) mass is 308 g/mol. The van der Waals surface area contributed by atoms with Gasteiger partial charge in [0, 0.05) is 33.3 Å². The van der Waals surface area contributed by atoms with Crippen molar-refractivity contribution >= 4 is 12.0 Å². The molecule has 1 aliphatic heterocycles. The number of amides is 2. The molecule has 1 heterocycles. The number of halogens is 2. The van der Waals surface area contributed by atoms with Gasteiger partial charge in [0.1, 0.15) is 12.2 Å². The van der Waals surface area contributed by atoms with Crippen molar-refractivity contribution in [2.24, 2.45) is 0 Å². The van der Waals surface area contributed by atoms with E-state index in [2.05, 4.69) is 4.74 Å². The summed E-state index contributed by atoms with van der Waals surface area (Å²) in [5, 5.41) is 0. The Bertz CT molecular complexity index is 388. The van der Waals surface area contributed by atoms with E-state index in [0.29, 0.717) is 0 Å². The van der Waals surface area contributed by atoms with Gasteiger partial charge in [0.25, 0.3) is 5.91 Å². The second-order valence-corrected chi connectivity index (χ2v) is 5.90. The van der Waals surface area contributed by atoms with Crippen molar-refractivity contribution in [2.75, 3.05) is 39.9 Å². The molecule has 21 heavy (non-hydrogen) atoms. The molecule has 1 aliphatic rings. The third-order valence-corrected chi connectivity index (χ3v) is 2.86. The molecule has 0 unspecified atom stereocenters. The zero-order chi connectivity index (χ0) is 16.3. The highest BCUT2D eigenvalue weighted by Crippen LogP contribution is 2.19. The van der Waals surface area contributed by atoms with Gasteiger partial charge in [0.05, 0.1) is 0 Å². The van der Waals surface area contributed by atoms with Gasteiger partial charge in [-0.3, -0.25) is 4.79 Å². The minimum atomic E-state index is -3.54. The van der Waals surface area contributed by atoms with Crippen LogP contribution in [0.25, 0.3) is 0 Å². The lowest BCUT2D eigenvalue weighted by Gasteiger charge is -2.36. The van der Waals surface area contributed by atoms with E-state index in [0.717, 1.165) is 12.0 Å². The van der Waals surface area contributed by atoms with Crippen molar-refractivity contribution in [2.45, 2.75) is 32.3 Å². The van der Waals surface area contributed by atoms with E-state index in [1.165, 1.54) is 4.90 Å². The third-order valence-electron chi connectivity index (χ3n) is 2.86. The predicted molar refractivity (Wildman–Crippen MR) is 71.2 cm³/mol. The van der Waals surface area contributed by atoms with Gasteiger partial charge in [-0.05, 0) is 20.8 Å². The largest absolute Gasteiger partial charge is 0.444 e. The summed E-state index contributed by atoms with van der Waals surface area (Å²) in [6.45, 7) is 4.74. The first kappa shape index (κ1) is 17.6. The molecule has 1 fully saturated rings. The van der Waals surface area contributed by atoms with E-state index in [9.17, 15) is 18.4 Å². The summed E-state index contributed by atoms with van der Waals surface area (Å²) in [7, 11) is 1.11. The van der Waals surface area contributed by atoms with Crippen LogP contribution in [0.15, 0.2) is 0 Å². The number of ether oxygens (including phenoxy) is 2. The van der Waals surface area contributed by atoms with E-state index < -0.39 is 30.1 Å². The van der Waals surface area contributed by atoms with Crippen LogP contribution in [0, 0.1) is 0 Å². The van der Waals surface area contributed by atoms with Crippen LogP contribution in [-0.2, 0) is 14.3 Å². The molecule has 2 amide bonds. The van der Waals surface area contributed by atoms with Crippen LogP contribution in [-0.4, -0.2) is 73.2 Å². The first-order valence-corrected chi connectivity index (χ1v) is 6.71. The molecule has 0 N–H and O–H groups in total. The van der Waals surface area contributed by atoms with Crippen LogP contribution < -0.4 is 0 Å². The van der Waals surface area contributed by atoms with E-state index in [1.54, 1.807) is 20.8 Å². The fourth-order valence-electron chi connectivity index (χ4n) is 1.89. The summed E-state index contributed by atoms with van der Waals surface area (Å²) in [6, 6.07) is 0. The van der Waals surface area contributed by atoms with Gasteiger partial charge >= 0.3 is 12.0 Å². The van der Waals surface area contributed by atoms with Gasteiger partial charge < -0.3 is 19.3 Å². The molecule has 1 rings (SSSR count). The zero-order valence-corrected chi connectivity index (χ0v) is 12.8. The summed E-state index contributed by atoms with van der Waals surface area (Å²) >= 11 is 0. The van der Waals surface area contributed by atoms with Gasteiger partial charge in [-0.25, -0.2) is 4.79 Å². The number of piperazine rings is 1. The predicted octanol–water partition coefficient (Wildman–Crippen LogP) is 1.35. The highest BCUT2D eigenvalue weighted by atomic mass is 19.3. The Morgan fingerprint density at radius 1 is 1.05 bits per heavy atom. The zero-order valence-electron chi connectivity index (χ0n) is 12.8. The maximum atomic E-state index is 13.5. The SMILES string of the molecule is COCC(F)(F)C(=O)N1CCN(C(=O)OC(C)(C)C)CC1. The van der Waals surface area contributed by atoms with E-state index >= 15 is 0 Å². The molecule has 0 aromatic carbocycles. The highest BCUT2D eigenvalue weighted by molar-refractivity contribution is 5.84. The number of alkyl halides is 2. The first-order valence-electron chi connectivity index (χ1n) is 6.71. The Labute approximate surface area is 123 Å². The van der Waals surface area contributed by atoms with Crippen LogP contribution in [0.3, 0.4) is 0 Å². The Balaban J connectivity index is 2.52. The Morgan fingerprint density at radius 3 is 1.95 bits per heavy atom. The molecule has 0 aromatic heterocycles. The van der Waals surface area contributed by atoms with E-state index in [-0.39, 0.29) is 26.2 Å². The van der Waals surface area contributed by atoms with Gasteiger partial charge in [-0.2, -0.15) is 8.78 Å². The number of hydrogen-bond donors (Lipinski definition) is 0. The molecule has 0 bridgehead atoms. The molecule has 1 saturated heterocycles. The first-order chi connectivity index (χ1) is 9.57. The minimum Gasteiger partial charge on any atom is -0.444 e. The van der Waals surface area contributed by atoms with Crippen LogP contribution in [0.5, 0.6) is 0 Å². The lowest BCUT2D eigenvalue weighted by molar-refractivity contribution is -0.166. The van der Waals surface area contributed by atoms with Crippen LogP contribution >= 0.6 is 0 Å². The molecule has 0 radical (unpaired) electrons. The summed E-state index contributed by atoms with van der Waals surface area (Å²) in [5.74, 6) is -4.81. The minimum absolute atomic E-state index is 0.0530. The molecule has 122 valence electrons. The van der Waals surface area contributed by atoms with Crippen molar-refractivity contribution in [3.63, 3.8) is 0 Å².